The molecule has 0 saturated heterocycles. The van der Waals surface area contributed by atoms with Crippen molar-refractivity contribution in [2.75, 3.05) is 5.32 Å². The topological polar surface area (TPSA) is 62.2 Å². The first-order valence-corrected chi connectivity index (χ1v) is 6.04. The molecule has 0 unspecified atom stereocenters. The highest BCUT2D eigenvalue weighted by Crippen LogP contribution is 2.26. The smallest absolute Gasteiger partial charge is 0.355 e. The van der Waals surface area contributed by atoms with Crippen molar-refractivity contribution in [3.8, 4) is 0 Å². The summed E-state index contributed by atoms with van der Waals surface area (Å²) < 4.78 is 0.905. The molecule has 0 bridgehead atoms. The van der Waals surface area contributed by atoms with E-state index in [1.54, 1.807) is 0 Å². The number of carboxylic acids is 1. The number of halogens is 1. The van der Waals surface area contributed by atoms with Crippen LogP contribution in [0.25, 0.3) is 0 Å². The van der Waals surface area contributed by atoms with Gasteiger partial charge in [0.1, 0.15) is 0 Å². The third-order valence-electron chi connectivity index (χ3n) is 1.84. The Bertz CT molecular complexity index is 527. The number of rotatable bonds is 3. The molecule has 0 aliphatic rings. The van der Waals surface area contributed by atoms with E-state index in [-0.39, 0.29) is 5.69 Å². The van der Waals surface area contributed by atoms with Gasteiger partial charge in [-0.3, -0.25) is 0 Å². The summed E-state index contributed by atoms with van der Waals surface area (Å²) in [5.41, 5.74) is 0.911. The van der Waals surface area contributed by atoms with Gasteiger partial charge in [-0.15, -0.1) is 11.3 Å². The van der Waals surface area contributed by atoms with E-state index in [0.717, 1.165) is 10.2 Å². The maximum atomic E-state index is 10.6. The zero-order chi connectivity index (χ0) is 11.5. The monoisotopic (exact) mass is 298 g/mol. The Kier molecular flexibility index (Phi) is 3.21. The Morgan fingerprint density at radius 2 is 2.19 bits per heavy atom. The number of anilines is 2. The number of benzene rings is 1. The first-order valence-electron chi connectivity index (χ1n) is 4.37. The molecule has 0 spiro atoms. The maximum absolute atomic E-state index is 10.6. The van der Waals surface area contributed by atoms with Crippen LogP contribution < -0.4 is 5.32 Å². The summed E-state index contributed by atoms with van der Waals surface area (Å²) >= 11 is 4.65. The molecule has 0 amide bonds. The van der Waals surface area contributed by atoms with Gasteiger partial charge < -0.3 is 10.4 Å². The lowest BCUT2D eigenvalue weighted by atomic mass is 10.3. The van der Waals surface area contributed by atoms with Gasteiger partial charge in [0.15, 0.2) is 10.8 Å². The van der Waals surface area contributed by atoms with Crippen LogP contribution in [0.4, 0.5) is 10.8 Å². The number of carboxylic acid groups (broad SMARTS) is 1. The predicted octanol–water partition coefficient (Wildman–Crippen LogP) is 3.35. The average molecular weight is 299 g/mol. The summed E-state index contributed by atoms with van der Waals surface area (Å²) in [5, 5.41) is 13.8. The molecule has 0 fully saturated rings. The molecule has 0 aliphatic heterocycles. The summed E-state index contributed by atoms with van der Waals surface area (Å²) in [6.07, 6.45) is 0. The zero-order valence-corrected chi connectivity index (χ0v) is 10.4. The molecule has 0 atom stereocenters. The summed E-state index contributed by atoms with van der Waals surface area (Å²) in [6, 6.07) is 7.57. The van der Waals surface area contributed by atoms with Crippen LogP contribution in [0.1, 0.15) is 10.5 Å². The average Bonchev–Trinajstić information content (AvgIpc) is 2.70. The second-order valence-electron chi connectivity index (χ2n) is 2.95. The van der Waals surface area contributed by atoms with E-state index in [1.807, 2.05) is 24.3 Å². The van der Waals surface area contributed by atoms with Crippen molar-refractivity contribution in [2.24, 2.45) is 0 Å². The van der Waals surface area contributed by atoms with Crippen molar-refractivity contribution in [2.45, 2.75) is 0 Å². The van der Waals surface area contributed by atoms with Crippen LogP contribution in [-0.4, -0.2) is 16.1 Å². The molecule has 1 heterocycles. The lowest BCUT2D eigenvalue weighted by Gasteiger charge is -2.03. The fourth-order valence-electron chi connectivity index (χ4n) is 1.11. The van der Waals surface area contributed by atoms with Crippen LogP contribution in [0.2, 0.25) is 0 Å². The number of aromatic nitrogens is 1. The van der Waals surface area contributed by atoms with Crippen molar-refractivity contribution < 1.29 is 9.90 Å². The molecule has 16 heavy (non-hydrogen) atoms. The summed E-state index contributed by atoms with van der Waals surface area (Å²) in [4.78, 5) is 14.6. The van der Waals surface area contributed by atoms with Crippen LogP contribution >= 0.6 is 27.3 Å². The van der Waals surface area contributed by atoms with Gasteiger partial charge in [0.05, 0.1) is 5.69 Å². The highest BCUT2D eigenvalue weighted by Gasteiger charge is 2.09. The van der Waals surface area contributed by atoms with E-state index < -0.39 is 5.97 Å². The van der Waals surface area contributed by atoms with Crippen LogP contribution in [0.15, 0.2) is 34.1 Å². The fourth-order valence-corrected chi connectivity index (χ4v) is 2.19. The molecular weight excluding hydrogens is 292 g/mol. The molecule has 1 aromatic carbocycles. The van der Waals surface area contributed by atoms with E-state index in [4.69, 9.17) is 5.11 Å². The molecule has 82 valence electrons. The summed E-state index contributed by atoms with van der Waals surface area (Å²) in [5.74, 6) is -1.02. The first-order chi connectivity index (χ1) is 7.66. The molecule has 6 heteroatoms. The Hall–Kier alpha value is -1.40. The van der Waals surface area contributed by atoms with Crippen molar-refractivity contribution in [3.05, 3.63) is 39.8 Å². The van der Waals surface area contributed by atoms with Gasteiger partial charge in [0.2, 0.25) is 0 Å². The minimum atomic E-state index is -1.02. The molecule has 2 N–H and O–H groups in total. The Morgan fingerprint density at radius 1 is 1.44 bits per heavy atom. The van der Waals surface area contributed by atoms with Crippen LogP contribution in [0.3, 0.4) is 0 Å². The van der Waals surface area contributed by atoms with E-state index in [0.29, 0.717) is 5.13 Å². The van der Waals surface area contributed by atoms with Crippen LogP contribution in [0, 0.1) is 0 Å². The highest BCUT2D eigenvalue weighted by molar-refractivity contribution is 9.10. The van der Waals surface area contributed by atoms with Gasteiger partial charge in [-0.1, -0.05) is 12.1 Å². The van der Waals surface area contributed by atoms with E-state index >= 15 is 0 Å². The highest BCUT2D eigenvalue weighted by atomic mass is 79.9. The van der Waals surface area contributed by atoms with Gasteiger partial charge in [-0.05, 0) is 28.1 Å². The third-order valence-corrected chi connectivity index (χ3v) is 3.29. The number of aromatic carboxylic acids is 1. The van der Waals surface area contributed by atoms with Gasteiger partial charge in [-0.2, -0.15) is 0 Å². The van der Waals surface area contributed by atoms with Crippen LogP contribution in [0.5, 0.6) is 0 Å². The largest absolute Gasteiger partial charge is 0.476 e. The first kappa shape index (κ1) is 11.1. The second kappa shape index (κ2) is 4.63. The number of hydrogen-bond donors (Lipinski definition) is 2. The molecular formula is C10H7BrN2O2S. The quantitative estimate of drug-likeness (QED) is 0.912. The number of hydrogen-bond acceptors (Lipinski definition) is 4. The van der Waals surface area contributed by atoms with Crippen LogP contribution in [-0.2, 0) is 0 Å². The molecule has 2 rings (SSSR count). The third kappa shape index (κ3) is 2.40. The summed E-state index contributed by atoms with van der Waals surface area (Å²) in [6.45, 7) is 0. The van der Waals surface area contributed by atoms with E-state index in [9.17, 15) is 4.79 Å². The fraction of sp³-hybridized carbons (Fsp3) is 0. The zero-order valence-electron chi connectivity index (χ0n) is 7.98. The molecule has 0 saturated carbocycles. The maximum Gasteiger partial charge on any atom is 0.355 e. The predicted molar refractivity (Wildman–Crippen MR) is 66.5 cm³/mol. The number of nitrogens with one attached hydrogen (secondary N) is 1. The second-order valence-corrected chi connectivity index (χ2v) is 4.66. The van der Waals surface area contributed by atoms with Crippen molar-refractivity contribution >= 4 is 44.1 Å². The van der Waals surface area contributed by atoms with E-state index in [2.05, 4.69) is 26.2 Å². The van der Waals surface area contributed by atoms with Gasteiger partial charge in [0.25, 0.3) is 0 Å². The molecule has 4 nitrogen and oxygen atoms in total. The molecule has 1 aromatic heterocycles. The lowest BCUT2D eigenvalue weighted by molar-refractivity contribution is 0.0691. The number of carbonyl (C=O) groups is 1. The minimum absolute atomic E-state index is 0.0551. The Labute approximate surface area is 104 Å². The van der Waals surface area contributed by atoms with Gasteiger partial charge in [0, 0.05) is 9.85 Å². The van der Waals surface area contributed by atoms with Crippen molar-refractivity contribution in [1.29, 1.82) is 0 Å². The number of thiazole rings is 1. The molecule has 0 aliphatic carbocycles. The van der Waals surface area contributed by atoms with Gasteiger partial charge in [-0.25, -0.2) is 9.78 Å². The van der Waals surface area contributed by atoms with Gasteiger partial charge >= 0.3 is 5.97 Å². The normalized spacial score (nSPS) is 10.1. The number of para-hydroxylation sites is 1. The standard InChI is InChI=1S/C10H7BrN2O2S/c11-6-3-1-2-4-7(6)12-10-13-8(5-16-10)9(14)15/h1-5H,(H,12,13)(H,14,15). The summed E-state index contributed by atoms with van der Waals surface area (Å²) in [7, 11) is 0. The van der Waals surface area contributed by atoms with E-state index in [1.165, 1.54) is 16.7 Å². The van der Waals surface area contributed by atoms with Crippen molar-refractivity contribution in [3.63, 3.8) is 0 Å². The molecule has 0 radical (unpaired) electrons. The Balaban J connectivity index is 2.21. The number of nitrogens with zero attached hydrogens (tertiary/aromatic N) is 1. The Morgan fingerprint density at radius 3 is 2.81 bits per heavy atom. The van der Waals surface area contributed by atoms with Crippen molar-refractivity contribution in [1.82, 2.24) is 4.98 Å². The minimum Gasteiger partial charge on any atom is -0.476 e. The molecule has 2 aromatic rings. The lowest BCUT2D eigenvalue weighted by Crippen LogP contribution is -1.97. The SMILES string of the molecule is O=C(O)c1csc(Nc2ccccc2Br)n1.